The molecule has 1 aliphatic rings. The van der Waals surface area contributed by atoms with Gasteiger partial charge in [-0.15, -0.1) is 24.0 Å². The van der Waals surface area contributed by atoms with Crippen molar-refractivity contribution in [1.82, 2.24) is 25.0 Å². The Labute approximate surface area is 209 Å². The van der Waals surface area contributed by atoms with Crippen LogP contribution in [0.15, 0.2) is 60.0 Å². The molecule has 3 heterocycles. The highest BCUT2D eigenvalue weighted by Gasteiger charge is 2.25. The van der Waals surface area contributed by atoms with Gasteiger partial charge in [0.15, 0.2) is 5.96 Å². The van der Waals surface area contributed by atoms with Crippen LogP contribution in [0.1, 0.15) is 24.2 Å². The van der Waals surface area contributed by atoms with Gasteiger partial charge in [-0.05, 0) is 25.1 Å². The largest absolute Gasteiger partial charge is 0.439 e. The van der Waals surface area contributed by atoms with Crippen molar-refractivity contribution in [3.63, 3.8) is 0 Å². The maximum absolute atomic E-state index is 13.5. The second-order valence-electron chi connectivity index (χ2n) is 7.45. The molecule has 1 unspecified atom stereocenters. The summed E-state index contributed by atoms with van der Waals surface area (Å²) in [7, 11) is 1.90. The Balaban J connectivity index is 0.00000306. The molecule has 1 aromatic carbocycles. The highest BCUT2D eigenvalue weighted by molar-refractivity contribution is 14.0. The molecule has 8 nitrogen and oxygen atoms in total. The Morgan fingerprint density at radius 3 is 2.97 bits per heavy atom. The van der Waals surface area contributed by atoms with Crippen LogP contribution in [0.2, 0.25) is 0 Å². The van der Waals surface area contributed by atoms with E-state index in [1.165, 1.54) is 12.1 Å². The average molecular weight is 566 g/mol. The molecule has 1 N–H and O–H groups in total. The first kappa shape index (κ1) is 24.9. The van der Waals surface area contributed by atoms with Crippen LogP contribution in [0.3, 0.4) is 0 Å². The van der Waals surface area contributed by atoms with Gasteiger partial charge in [-0.25, -0.2) is 14.4 Å². The molecular weight excluding hydrogens is 538 g/mol. The Bertz CT molecular complexity index is 1080. The number of morpholine rings is 1. The second-order valence-corrected chi connectivity index (χ2v) is 7.45. The van der Waals surface area contributed by atoms with Gasteiger partial charge in [-0.1, -0.05) is 12.1 Å². The topological polar surface area (TPSA) is 76.8 Å². The summed E-state index contributed by atoms with van der Waals surface area (Å²) in [5.74, 6) is 1.24. The van der Waals surface area contributed by atoms with E-state index in [1.807, 2.05) is 38.5 Å². The lowest BCUT2D eigenvalue weighted by Crippen LogP contribution is -2.48. The molecule has 176 valence electrons. The summed E-state index contributed by atoms with van der Waals surface area (Å²) in [5.41, 5.74) is 1.86. The van der Waals surface area contributed by atoms with E-state index in [4.69, 9.17) is 14.5 Å². The summed E-state index contributed by atoms with van der Waals surface area (Å²) in [6.07, 6.45) is 5.40. The van der Waals surface area contributed by atoms with Gasteiger partial charge in [-0.3, -0.25) is 4.68 Å². The number of aromatic nitrogens is 3. The zero-order chi connectivity index (χ0) is 22.3. The van der Waals surface area contributed by atoms with Crippen molar-refractivity contribution < 1.29 is 13.9 Å². The predicted molar refractivity (Wildman–Crippen MR) is 134 cm³/mol. The third-order valence-electron chi connectivity index (χ3n) is 5.06. The van der Waals surface area contributed by atoms with Gasteiger partial charge >= 0.3 is 0 Å². The third kappa shape index (κ3) is 6.64. The van der Waals surface area contributed by atoms with Crippen LogP contribution in [-0.2, 0) is 18.3 Å². The van der Waals surface area contributed by atoms with Gasteiger partial charge in [0, 0.05) is 49.7 Å². The molecular formula is C23H28FIN6O2. The highest BCUT2D eigenvalue weighted by Crippen LogP contribution is 2.25. The zero-order valence-corrected chi connectivity index (χ0v) is 21.0. The van der Waals surface area contributed by atoms with Gasteiger partial charge in [0.05, 0.1) is 25.9 Å². The molecule has 1 saturated heterocycles. The number of pyridine rings is 1. The Kier molecular flexibility index (Phi) is 9.01. The molecule has 2 aromatic heterocycles. The van der Waals surface area contributed by atoms with Gasteiger partial charge in [-0.2, -0.15) is 5.10 Å². The summed E-state index contributed by atoms with van der Waals surface area (Å²) < 4.78 is 27.1. The molecule has 0 bridgehead atoms. The number of nitrogens with zero attached hydrogens (tertiary/aromatic N) is 5. The van der Waals surface area contributed by atoms with Gasteiger partial charge in [0.1, 0.15) is 17.7 Å². The van der Waals surface area contributed by atoms with Gasteiger partial charge < -0.3 is 19.7 Å². The fraction of sp³-hybridized carbons (Fsp3) is 0.348. The van der Waals surface area contributed by atoms with Crippen LogP contribution < -0.4 is 10.1 Å². The minimum absolute atomic E-state index is 0. The van der Waals surface area contributed by atoms with Crippen molar-refractivity contribution in [1.29, 1.82) is 0 Å². The predicted octanol–water partition coefficient (Wildman–Crippen LogP) is 3.90. The van der Waals surface area contributed by atoms with Crippen LogP contribution in [0, 0.1) is 5.82 Å². The quantitative estimate of drug-likeness (QED) is 0.277. The number of ether oxygens (including phenoxy) is 2. The number of aryl methyl sites for hydroxylation is 1. The number of rotatable bonds is 6. The van der Waals surface area contributed by atoms with Crippen molar-refractivity contribution in [2.75, 3.05) is 26.2 Å². The summed E-state index contributed by atoms with van der Waals surface area (Å²) in [4.78, 5) is 11.3. The fourth-order valence-corrected chi connectivity index (χ4v) is 3.51. The van der Waals surface area contributed by atoms with E-state index in [0.717, 1.165) is 30.2 Å². The van der Waals surface area contributed by atoms with E-state index in [-0.39, 0.29) is 35.9 Å². The first-order chi connectivity index (χ1) is 15.6. The van der Waals surface area contributed by atoms with E-state index < -0.39 is 0 Å². The molecule has 0 saturated carbocycles. The summed E-state index contributed by atoms with van der Waals surface area (Å²) in [5, 5.41) is 7.62. The fourth-order valence-electron chi connectivity index (χ4n) is 3.51. The molecule has 10 heteroatoms. The molecule has 1 atom stereocenters. The average Bonchev–Trinajstić information content (AvgIpc) is 3.24. The number of halogens is 2. The maximum Gasteiger partial charge on any atom is 0.224 e. The Morgan fingerprint density at radius 2 is 2.21 bits per heavy atom. The number of nitrogens with one attached hydrogen (secondary N) is 1. The van der Waals surface area contributed by atoms with E-state index in [1.54, 1.807) is 23.0 Å². The highest BCUT2D eigenvalue weighted by atomic mass is 127. The van der Waals surface area contributed by atoms with Crippen LogP contribution in [0.5, 0.6) is 11.6 Å². The lowest BCUT2D eigenvalue weighted by molar-refractivity contribution is -0.00805. The Morgan fingerprint density at radius 1 is 1.33 bits per heavy atom. The lowest BCUT2D eigenvalue weighted by Gasteiger charge is -2.34. The molecule has 1 fully saturated rings. The molecule has 4 rings (SSSR count). The first-order valence-electron chi connectivity index (χ1n) is 10.6. The standard InChI is InChI=1S/C23H27FN6O2.HI/c1-3-25-23(30-10-11-31-21(16-30)18-14-28-29(2)15-18)27-13-17-6-5-9-26-22(17)32-20-8-4-7-19(24)12-20;/h4-9,12,14-15,21H,3,10-11,13,16H2,1-2H3,(H,25,27);1H. The van der Waals surface area contributed by atoms with Gasteiger partial charge in [0.25, 0.3) is 0 Å². The normalized spacial score (nSPS) is 16.3. The smallest absolute Gasteiger partial charge is 0.224 e. The van der Waals surface area contributed by atoms with Gasteiger partial charge in [0.2, 0.25) is 5.88 Å². The van der Waals surface area contributed by atoms with Crippen molar-refractivity contribution in [2.24, 2.45) is 12.0 Å². The van der Waals surface area contributed by atoms with Crippen LogP contribution >= 0.6 is 24.0 Å². The number of hydrogen-bond donors (Lipinski definition) is 1. The van der Waals surface area contributed by atoms with Crippen LogP contribution in [-0.4, -0.2) is 51.9 Å². The first-order valence-corrected chi connectivity index (χ1v) is 10.6. The van der Waals surface area contributed by atoms with Crippen molar-refractivity contribution in [2.45, 2.75) is 19.6 Å². The molecule has 1 aliphatic heterocycles. The second kappa shape index (κ2) is 11.9. The maximum atomic E-state index is 13.5. The number of guanidine groups is 1. The molecule has 3 aromatic rings. The summed E-state index contributed by atoms with van der Waals surface area (Å²) in [6.45, 7) is 5.17. The molecule has 33 heavy (non-hydrogen) atoms. The summed E-state index contributed by atoms with van der Waals surface area (Å²) >= 11 is 0. The summed E-state index contributed by atoms with van der Waals surface area (Å²) in [6, 6.07) is 9.75. The van der Waals surface area contributed by atoms with E-state index >= 15 is 0 Å². The number of hydrogen-bond acceptors (Lipinski definition) is 5. The molecule has 0 spiro atoms. The van der Waals surface area contributed by atoms with E-state index in [0.29, 0.717) is 31.3 Å². The van der Waals surface area contributed by atoms with Crippen molar-refractivity contribution in [3.8, 4) is 11.6 Å². The third-order valence-corrected chi connectivity index (χ3v) is 5.06. The van der Waals surface area contributed by atoms with E-state index in [9.17, 15) is 4.39 Å². The zero-order valence-electron chi connectivity index (χ0n) is 18.6. The van der Waals surface area contributed by atoms with Crippen LogP contribution in [0.4, 0.5) is 4.39 Å². The van der Waals surface area contributed by atoms with Crippen LogP contribution in [0.25, 0.3) is 0 Å². The number of benzene rings is 1. The minimum atomic E-state index is -0.358. The number of aliphatic imine (C=N–C) groups is 1. The molecule has 0 amide bonds. The van der Waals surface area contributed by atoms with E-state index in [2.05, 4.69) is 20.3 Å². The lowest BCUT2D eigenvalue weighted by atomic mass is 10.1. The van der Waals surface area contributed by atoms with Crippen molar-refractivity contribution >= 4 is 29.9 Å². The SMILES string of the molecule is CCNC(=NCc1cccnc1Oc1cccc(F)c1)N1CCOC(c2cnn(C)c2)C1.I. The van der Waals surface area contributed by atoms with Crippen molar-refractivity contribution in [3.05, 3.63) is 71.9 Å². The monoisotopic (exact) mass is 566 g/mol. The minimum Gasteiger partial charge on any atom is -0.439 e. The molecule has 0 radical (unpaired) electrons. The Hall–Kier alpha value is -2.73. The molecule has 0 aliphatic carbocycles.